The van der Waals surface area contributed by atoms with Crippen molar-refractivity contribution >= 4 is 0 Å². The largest absolute Gasteiger partial charge is 0.388 e. The molecule has 0 radical (unpaired) electrons. The van der Waals surface area contributed by atoms with Gasteiger partial charge in [-0.3, -0.25) is 0 Å². The smallest absolute Gasteiger partial charge is 0.292 e. The zero-order chi connectivity index (χ0) is 22.2. The summed E-state index contributed by atoms with van der Waals surface area (Å²) in [5, 5.41) is 49.7. The van der Waals surface area contributed by atoms with E-state index in [1.54, 1.807) is 0 Å². The van der Waals surface area contributed by atoms with Crippen molar-refractivity contribution in [2.45, 2.75) is 0 Å². The quantitative estimate of drug-likeness (QED) is 0.640. The van der Waals surface area contributed by atoms with Gasteiger partial charge in [-0.25, -0.2) is 0 Å². The Morgan fingerprint density at radius 1 is 0.333 bits per heavy atom. The average molecular weight is 402 g/mol. The number of nitrogens with zero attached hydrogens (tertiary/aromatic N) is 6. The van der Waals surface area contributed by atoms with E-state index in [-0.39, 0.29) is 34.5 Å². The SMILES string of the molecule is N#COc1cc(OC#N)cc(OC#N)c1.N#COc1cc(OC#N)cc(OC#N)c1. The number of hydrogen-bond acceptors (Lipinski definition) is 12. The summed E-state index contributed by atoms with van der Waals surface area (Å²) in [6, 6.07) is 7.90. The first-order valence-electron chi connectivity index (χ1n) is 7.26. The van der Waals surface area contributed by atoms with E-state index in [0.29, 0.717) is 0 Å². The summed E-state index contributed by atoms with van der Waals surface area (Å²) in [4.78, 5) is 0. The second-order valence-electron chi connectivity index (χ2n) is 4.44. The highest BCUT2D eigenvalue weighted by molar-refractivity contribution is 5.44. The minimum absolute atomic E-state index is 0.121. The van der Waals surface area contributed by atoms with Crippen LogP contribution in [0.25, 0.3) is 0 Å². The highest BCUT2D eigenvalue weighted by Gasteiger charge is 2.05. The first-order chi connectivity index (χ1) is 14.6. The molecule has 0 bridgehead atoms. The third-order valence-corrected chi connectivity index (χ3v) is 2.69. The van der Waals surface area contributed by atoms with Gasteiger partial charge in [0.05, 0.1) is 0 Å². The summed E-state index contributed by atoms with van der Waals surface area (Å²) in [5.41, 5.74) is 0. The number of rotatable bonds is 6. The minimum Gasteiger partial charge on any atom is -0.388 e. The Morgan fingerprint density at radius 3 is 0.567 bits per heavy atom. The van der Waals surface area contributed by atoms with Gasteiger partial charge in [0.15, 0.2) is 0 Å². The van der Waals surface area contributed by atoms with Gasteiger partial charge in [0.25, 0.3) is 37.5 Å². The Hall–Kier alpha value is -5.82. The van der Waals surface area contributed by atoms with Gasteiger partial charge in [-0.05, 0) is 0 Å². The number of nitriles is 6. The standard InChI is InChI=1S/2C9H3N3O3/c2*10-4-13-7-1-8(14-5-11)3-9(2-7)15-6-12/h2*1-3H. The van der Waals surface area contributed by atoms with E-state index in [2.05, 4.69) is 28.4 Å². The van der Waals surface area contributed by atoms with Gasteiger partial charge in [-0.15, -0.1) is 31.6 Å². The molecule has 0 aliphatic heterocycles. The van der Waals surface area contributed by atoms with Crippen LogP contribution in [0.15, 0.2) is 36.4 Å². The van der Waals surface area contributed by atoms with Crippen LogP contribution in [-0.4, -0.2) is 0 Å². The maximum absolute atomic E-state index is 8.28. The van der Waals surface area contributed by atoms with Gasteiger partial charge < -0.3 is 28.4 Å². The molecule has 0 aliphatic rings. The van der Waals surface area contributed by atoms with Crippen molar-refractivity contribution in [2.75, 3.05) is 0 Å². The van der Waals surface area contributed by atoms with Crippen LogP contribution in [-0.2, 0) is 0 Å². The Balaban J connectivity index is 0.000000300. The Morgan fingerprint density at radius 2 is 0.467 bits per heavy atom. The van der Waals surface area contributed by atoms with Gasteiger partial charge in [-0.2, -0.15) is 0 Å². The van der Waals surface area contributed by atoms with E-state index in [9.17, 15) is 0 Å². The predicted octanol–water partition coefficient (Wildman–Crippen LogP) is 2.53. The third kappa shape index (κ3) is 7.60. The van der Waals surface area contributed by atoms with Crippen molar-refractivity contribution in [2.24, 2.45) is 0 Å². The minimum atomic E-state index is 0.121. The van der Waals surface area contributed by atoms with Gasteiger partial charge in [0.2, 0.25) is 0 Å². The molecule has 0 unspecified atom stereocenters. The van der Waals surface area contributed by atoms with Crippen molar-refractivity contribution in [3.8, 4) is 72.0 Å². The highest BCUT2D eigenvalue weighted by Crippen LogP contribution is 2.28. The van der Waals surface area contributed by atoms with Crippen LogP contribution in [0.1, 0.15) is 0 Å². The van der Waals surface area contributed by atoms with Crippen LogP contribution in [0.2, 0.25) is 0 Å². The molecule has 2 aromatic rings. The van der Waals surface area contributed by atoms with E-state index < -0.39 is 0 Å². The molecule has 0 saturated heterocycles. The molecule has 0 aromatic heterocycles. The summed E-state index contributed by atoms with van der Waals surface area (Å²) in [7, 11) is 0. The van der Waals surface area contributed by atoms with Crippen LogP contribution in [0.3, 0.4) is 0 Å². The molecule has 12 heteroatoms. The molecular formula is C18H6N6O6. The number of ether oxygens (including phenoxy) is 6. The van der Waals surface area contributed by atoms with E-state index in [4.69, 9.17) is 31.6 Å². The maximum atomic E-state index is 8.28. The lowest BCUT2D eigenvalue weighted by molar-refractivity contribution is 0.461. The molecule has 2 rings (SSSR count). The molecule has 0 amide bonds. The number of benzene rings is 2. The van der Waals surface area contributed by atoms with Crippen molar-refractivity contribution in [1.82, 2.24) is 0 Å². The summed E-state index contributed by atoms with van der Waals surface area (Å²) in [5.74, 6) is 0.725. The van der Waals surface area contributed by atoms with Gasteiger partial charge in [0.1, 0.15) is 34.5 Å². The first kappa shape index (κ1) is 22.2. The monoisotopic (exact) mass is 402 g/mol. The summed E-state index contributed by atoms with van der Waals surface area (Å²) in [6.45, 7) is 0. The Bertz CT molecular complexity index is 882. The third-order valence-electron chi connectivity index (χ3n) is 2.69. The van der Waals surface area contributed by atoms with Crippen LogP contribution >= 0.6 is 0 Å². The van der Waals surface area contributed by atoms with Crippen molar-refractivity contribution in [3.05, 3.63) is 36.4 Å². The molecule has 0 atom stereocenters. The summed E-state index contributed by atoms with van der Waals surface area (Å²) in [6.07, 6.45) is 8.67. The van der Waals surface area contributed by atoms with Crippen LogP contribution in [0, 0.1) is 69.1 Å². The van der Waals surface area contributed by atoms with Gasteiger partial charge >= 0.3 is 0 Å². The molecule has 0 saturated carbocycles. The Labute approximate surface area is 169 Å². The fourth-order valence-corrected chi connectivity index (χ4v) is 1.76. The van der Waals surface area contributed by atoms with Gasteiger partial charge in [0, 0.05) is 36.4 Å². The van der Waals surface area contributed by atoms with Crippen LogP contribution in [0.4, 0.5) is 0 Å². The molecular weight excluding hydrogens is 396 g/mol. The molecule has 0 aliphatic carbocycles. The molecule has 0 spiro atoms. The second kappa shape index (κ2) is 12.5. The second-order valence-corrected chi connectivity index (χ2v) is 4.44. The molecule has 144 valence electrons. The van der Waals surface area contributed by atoms with Gasteiger partial charge in [-0.1, -0.05) is 0 Å². The lowest BCUT2D eigenvalue weighted by atomic mass is 10.3. The topological polar surface area (TPSA) is 198 Å². The summed E-state index contributed by atoms with van der Waals surface area (Å²) < 4.78 is 27.0. The molecule has 0 heterocycles. The molecule has 0 N–H and O–H groups in total. The van der Waals surface area contributed by atoms with Crippen molar-refractivity contribution in [3.63, 3.8) is 0 Å². The lowest BCUT2D eigenvalue weighted by Gasteiger charge is -2.02. The van der Waals surface area contributed by atoms with E-state index >= 15 is 0 Å². The maximum Gasteiger partial charge on any atom is 0.292 e. The van der Waals surface area contributed by atoms with E-state index in [1.807, 2.05) is 0 Å². The van der Waals surface area contributed by atoms with Crippen molar-refractivity contribution in [1.29, 1.82) is 31.6 Å². The van der Waals surface area contributed by atoms with Crippen molar-refractivity contribution < 1.29 is 28.4 Å². The molecule has 12 nitrogen and oxygen atoms in total. The fourth-order valence-electron chi connectivity index (χ4n) is 1.76. The highest BCUT2D eigenvalue weighted by atomic mass is 16.5. The predicted molar refractivity (Wildman–Crippen MR) is 90.3 cm³/mol. The van der Waals surface area contributed by atoms with E-state index in [0.717, 1.165) is 0 Å². The molecule has 0 fully saturated rings. The van der Waals surface area contributed by atoms with Crippen LogP contribution in [0.5, 0.6) is 34.5 Å². The summed E-state index contributed by atoms with van der Waals surface area (Å²) >= 11 is 0. The molecule has 2 aromatic carbocycles. The Kier molecular flexibility index (Phi) is 9.27. The normalized spacial score (nSPS) is 7.80. The zero-order valence-electron chi connectivity index (χ0n) is 14.6. The fraction of sp³-hybridized carbons (Fsp3) is 0. The van der Waals surface area contributed by atoms with E-state index in [1.165, 1.54) is 73.9 Å². The molecule has 30 heavy (non-hydrogen) atoms. The average Bonchev–Trinajstić information content (AvgIpc) is 2.70. The number of hydrogen-bond donors (Lipinski definition) is 0. The van der Waals surface area contributed by atoms with Crippen LogP contribution < -0.4 is 28.4 Å². The first-order valence-corrected chi connectivity index (χ1v) is 7.26. The lowest BCUT2D eigenvalue weighted by Crippen LogP contribution is -1.89. The zero-order valence-corrected chi connectivity index (χ0v) is 14.6.